The summed E-state index contributed by atoms with van der Waals surface area (Å²) in [7, 11) is -3.31. The lowest BCUT2D eigenvalue weighted by Gasteiger charge is -2.21. The summed E-state index contributed by atoms with van der Waals surface area (Å²) in [5, 5.41) is 0.403. The van der Waals surface area contributed by atoms with E-state index in [9.17, 15) is 8.42 Å². The second kappa shape index (κ2) is 6.03. The second-order valence-corrected chi connectivity index (χ2v) is 7.30. The van der Waals surface area contributed by atoms with Crippen molar-refractivity contribution in [1.29, 1.82) is 0 Å². The molecular weight excluding hydrogens is 252 g/mol. The van der Waals surface area contributed by atoms with Gasteiger partial charge < -0.3 is 5.73 Å². The Morgan fingerprint density at radius 1 is 1.53 bits per heavy atom. The van der Waals surface area contributed by atoms with Gasteiger partial charge in [-0.3, -0.25) is 0 Å². The molecule has 0 aromatic heterocycles. The molecule has 1 rings (SSSR count). The van der Waals surface area contributed by atoms with E-state index in [1.807, 2.05) is 11.8 Å². The molecule has 0 radical (unpaired) electrons. The average Bonchev–Trinajstić information content (AvgIpc) is 2.15. The molecule has 0 aromatic rings. The van der Waals surface area contributed by atoms with E-state index in [1.54, 1.807) is 0 Å². The van der Waals surface area contributed by atoms with Gasteiger partial charge in [0.05, 0.1) is 4.99 Å². The van der Waals surface area contributed by atoms with Gasteiger partial charge in [-0.25, -0.2) is 13.1 Å². The summed E-state index contributed by atoms with van der Waals surface area (Å²) < 4.78 is 25.3. The van der Waals surface area contributed by atoms with Crippen molar-refractivity contribution in [3.63, 3.8) is 0 Å². The van der Waals surface area contributed by atoms with Gasteiger partial charge in [0.25, 0.3) is 0 Å². The molecular formula is C8H16N2O2S3. The Balaban J connectivity index is 2.31. The topological polar surface area (TPSA) is 72.2 Å². The highest BCUT2D eigenvalue weighted by atomic mass is 32.2. The first kappa shape index (κ1) is 13.2. The van der Waals surface area contributed by atoms with Crippen LogP contribution < -0.4 is 10.5 Å². The van der Waals surface area contributed by atoms with E-state index in [0.29, 0.717) is 11.8 Å². The standard InChI is InChI=1S/C8H16N2O2S3/c9-8(13)6-15(11,12)10-5-7-3-1-2-4-14-7/h7,10H,1-6H2,(H2,9,13). The first-order chi connectivity index (χ1) is 6.99. The molecule has 0 amide bonds. The number of nitrogens with two attached hydrogens (primary N) is 1. The van der Waals surface area contributed by atoms with Crippen molar-refractivity contribution in [2.24, 2.45) is 5.73 Å². The van der Waals surface area contributed by atoms with Crippen molar-refractivity contribution in [3.05, 3.63) is 0 Å². The molecule has 1 atom stereocenters. The zero-order valence-electron chi connectivity index (χ0n) is 8.44. The molecule has 1 aliphatic heterocycles. The van der Waals surface area contributed by atoms with Crippen molar-refractivity contribution in [1.82, 2.24) is 4.72 Å². The first-order valence-electron chi connectivity index (χ1n) is 4.87. The second-order valence-electron chi connectivity index (χ2n) is 3.56. The molecule has 4 nitrogen and oxygen atoms in total. The fourth-order valence-corrected chi connectivity index (χ4v) is 4.17. The van der Waals surface area contributed by atoms with Gasteiger partial charge >= 0.3 is 0 Å². The van der Waals surface area contributed by atoms with Crippen molar-refractivity contribution in [3.8, 4) is 0 Å². The van der Waals surface area contributed by atoms with E-state index >= 15 is 0 Å². The molecule has 15 heavy (non-hydrogen) atoms. The summed E-state index contributed by atoms with van der Waals surface area (Å²) in [6, 6.07) is 0. The normalized spacial score (nSPS) is 22.5. The minimum Gasteiger partial charge on any atom is -0.392 e. The van der Waals surface area contributed by atoms with Crippen LogP contribution in [0.15, 0.2) is 0 Å². The fraction of sp³-hybridized carbons (Fsp3) is 0.875. The zero-order valence-corrected chi connectivity index (χ0v) is 10.9. The fourth-order valence-electron chi connectivity index (χ4n) is 1.43. The quantitative estimate of drug-likeness (QED) is 0.710. The Morgan fingerprint density at radius 3 is 2.80 bits per heavy atom. The lowest BCUT2D eigenvalue weighted by atomic mass is 10.2. The van der Waals surface area contributed by atoms with E-state index in [2.05, 4.69) is 16.9 Å². The molecule has 1 fully saturated rings. The van der Waals surface area contributed by atoms with Gasteiger partial charge in [0, 0.05) is 11.8 Å². The van der Waals surface area contributed by atoms with Crippen molar-refractivity contribution < 1.29 is 8.42 Å². The summed E-state index contributed by atoms with van der Waals surface area (Å²) in [5.74, 6) is 0.876. The van der Waals surface area contributed by atoms with Crippen LogP contribution in [0.4, 0.5) is 0 Å². The molecule has 1 saturated heterocycles. The number of sulfonamides is 1. The van der Waals surface area contributed by atoms with Gasteiger partial charge in [-0.15, -0.1) is 0 Å². The van der Waals surface area contributed by atoms with E-state index in [1.165, 1.54) is 12.8 Å². The molecule has 1 aliphatic rings. The van der Waals surface area contributed by atoms with Gasteiger partial charge in [-0.1, -0.05) is 18.6 Å². The Kier molecular flexibility index (Phi) is 5.31. The van der Waals surface area contributed by atoms with E-state index in [0.717, 1.165) is 12.2 Å². The van der Waals surface area contributed by atoms with Crippen LogP contribution in [-0.4, -0.2) is 36.7 Å². The lowest BCUT2D eigenvalue weighted by molar-refractivity contribution is 0.577. The molecule has 0 spiro atoms. The molecule has 1 unspecified atom stereocenters. The highest BCUT2D eigenvalue weighted by Gasteiger charge is 2.17. The Labute approximate surface area is 100 Å². The Bertz CT molecular complexity index is 310. The van der Waals surface area contributed by atoms with Crippen LogP contribution >= 0.6 is 24.0 Å². The van der Waals surface area contributed by atoms with E-state index in [4.69, 9.17) is 5.73 Å². The number of hydrogen-bond acceptors (Lipinski definition) is 4. The maximum Gasteiger partial charge on any atom is 0.218 e. The Morgan fingerprint density at radius 2 is 2.27 bits per heavy atom. The zero-order chi connectivity index (χ0) is 11.3. The summed E-state index contributed by atoms with van der Waals surface area (Å²) in [6.45, 7) is 0.496. The van der Waals surface area contributed by atoms with Gasteiger partial charge in [-0.05, 0) is 18.6 Å². The van der Waals surface area contributed by atoms with Crippen LogP contribution in [0.25, 0.3) is 0 Å². The maximum absolute atomic E-state index is 11.4. The van der Waals surface area contributed by atoms with Crippen LogP contribution in [0.5, 0.6) is 0 Å². The molecule has 88 valence electrons. The maximum atomic E-state index is 11.4. The highest BCUT2D eigenvalue weighted by molar-refractivity contribution is 8.00. The van der Waals surface area contributed by atoms with Crippen LogP contribution in [0, 0.1) is 0 Å². The predicted molar refractivity (Wildman–Crippen MR) is 68.7 cm³/mol. The molecule has 0 saturated carbocycles. The number of rotatable bonds is 5. The van der Waals surface area contributed by atoms with Gasteiger partial charge in [0.2, 0.25) is 10.0 Å². The number of nitrogens with one attached hydrogen (secondary N) is 1. The van der Waals surface area contributed by atoms with Crippen LogP contribution in [0.3, 0.4) is 0 Å². The van der Waals surface area contributed by atoms with Crippen LogP contribution in [0.1, 0.15) is 19.3 Å². The first-order valence-corrected chi connectivity index (χ1v) is 7.98. The largest absolute Gasteiger partial charge is 0.392 e. The van der Waals surface area contributed by atoms with Crippen LogP contribution in [0.2, 0.25) is 0 Å². The van der Waals surface area contributed by atoms with E-state index in [-0.39, 0.29) is 10.7 Å². The SMILES string of the molecule is NC(=S)CS(=O)(=O)NCC1CCCCS1. The summed E-state index contributed by atoms with van der Waals surface area (Å²) in [5.41, 5.74) is 5.19. The smallest absolute Gasteiger partial charge is 0.218 e. The lowest BCUT2D eigenvalue weighted by Crippen LogP contribution is -2.36. The third-order valence-electron chi connectivity index (χ3n) is 2.14. The number of thiocarbonyl (C=S) groups is 1. The summed E-state index contributed by atoms with van der Waals surface area (Å²) in [4.78, 5) is 0.0128. The third kappa shape index (κ3) is 5.70. The minimum atomic E-state index is -3.31. The molecule has 1 heterocycles. The van der Waals surface area contributed by atoms with Gasteiger partial charge in [0.1, 0.15) is 5.75 Å². The Hall–Kier alpha value is 0.150. The van der Waals surface area contributed by atoms with Crippen LogP contribution in [-0.2, 0) is 10.0 Å². The van der Waals surface area contributed by atoms with Crippen molar-refractivity contribution in [2.75, 3.05) is 18.1 Å². The van der Waals surface area contributed by atoms with Gasteiger partial charge in [0.15, 0.2) is 0 Å². The molecule has 0 aromatic carbocycles. The minimum absolute atomic E-state index is 0.0128. The van der Waals surface area contributed by atoms with Gasteiger partial charge in [-0.2, -0.15) is 11.8 Å². The number of hydrogen-bond donors (Lipinski definition) is 2. The van der Waals surface area contributed by atoms with E-state index < -0.39 is 10.0 Å². The number of thioether (sulfide) groups is 1. The third-order valence-corrected chi connectivity index (χ3v) is 5.16. The van der Waals surface area contributed by atoms with Crippen molar-refractivity contribution in [2.45, 2.75) is 24.5 Å². The average molecular weight is 268 g/mol. The predicted octanol–water partition coefficient (Wildman–Crippen LogP) is 0.478. The summed E-state index contributed by atoms with van der Waals surface area (Å²) >= 11 is 6.40. The molecule has 0 bridgehead atoms. The monoisotopic (exact) mass is 268 g/mol. The molecule has 7 heteroatoms. The highest BCUT2D eigenvalue weighted by Crippen LogP contribution is 2.24. The molecule has 3 N–H and O–H groups in total. The van der Waals surface area contributed by atoms with Crippen molar-refractivity contribution >= 4 is 39.0 Å². The summed E-state index contributed by atoms with van der Waals surface area (Å²) in [6.07, 6.45) is 3.51. The molecule has 0 aliphatic carbocycles.